The molecular formula is C8H12O2. The van der Waals surface area contributed by atoms with Crippen molar-refractivity contribution in [1.29, 1.82) is 0 Å². The third kappa shape index (κ3) is 1.67. The zero-order chi connectivity index (χ0) is 7.56. The number of carbonyl (C=O) groups excluding carboxylic acids is 1. The molecule has 1 aliphatic rings. The van der Waals surface area contributed by atoms with Crippen LogP contribution in [-0.4, -0.2) is 18.5 Å². The van der Waals surface area contributed by atoms with Crippen molar-refractivity contribution in [2.75, 3.05) is 6.61 Å². The fraction of sp³-hybridized carbons (Fsp3) is 0.625. The fourth-order valence-electron chi connectivity index (χ4n) is 0.799. The summed E-state index contributed by atoms with van der Waals surface area (Å²) >= 11 is 0. The van der Waals surface area contributed by atoms with Gasteiger partial charge in [0.2, 0.25) is 0 Å². The second-order valence-corrected chi connectivity index (χ2v) is 2.76. The molecular weight excluding hydrogens is 128 g/mol. The van der Waals surface area contributed by atoms with Gasteiger partial charge in [0.25, 0.3) is 0 Å². The Bertz CT molecular complexity index is 161. The number of ether oxygens (including phenoxy) is 1. The van der Waals surface area contributed by atoms with E-state index in [1.807, 2.05) is 6.92 Å². The van der Waals surface area contributed by atoms with Crippen LogP contribution in [0.3, 0.4) is 0 Å². The molecule has 0 aromatic carbocycles. The molecule has 0 aliphatic heterocycles. The van der Waals surface area contributed by atoms with Crippen molar-refractivity contribution in [3.05, 3.63) is 12.2 Å². The monoisotopic (exact) mass is 140 g/mol. The van der Waals surface area contributed by atoms with E-state index in [0.29, 0.717) is 13.0 Å². The lowest BCUT2D eigenvalue weighted by Crippen LogP contribution is -2.34. The molecule has 1 unspecified atom stereocenters. The fourth-order valence-corrected chi connectivity index (χ4v) is 0.799. The minimum Gasteiger partial charge on any atom is -0.366 e. The molecule has 0 heterocycles. The molecule has 0 aromatic heterocycles. The Hall–Kier alpha value is -0.630. The Balaban J connectivity index is 2.14. The lowest BCUT2D eigenvalue weighted by molar-refractivity contribution is -0.139. The molecule has 0 amide bonds. The molecule has 0 spiro atoms. The first-order valence-corrected chi connectivity index (χ1v) is 3.49. The zero-order valence-electron chi connectivity index (χ0n) is 6.22. The van der Waals surface area contributed by atoms with E-state index in [1.54, 1.807) is 0 Å². The average Bonchev–Trinajstić information content (AvgIpc) is 1.84. The second kappa shape index (κ2) is 2.97. The van der Waals surface area contributed by atoms with Gasteiger partial charge in [0, 0.05) is 6.42 Å². The van der Waals surface area contributed by atoms with E-state index in [4.69, 9.17) is 4.74 Å². The molecule has 2 heteroatoms. The predicted octanol–water partition coefficient (Wildman–Crippen LogP) is 1.31. The Morgan fingerprint density at radius 1 is 1.90 bits per heavy atom. The van der Waals surface area contributed by atoms with E-state index >= 15 is 0 Å². The summed E-state index contributed by atoms with van der Waals surface area (Å²) in [7, 11) is 0. The first-order valence-electron chi connectivity index (χ1n) is 3.49. The molecule has 0 N–H and O–H groups in total. The van der Waals surface area contributed by atoms with Crippen molar-refractivity contribution in [1.82, 2.24) is 0 Å². The van der Waals surface area contributed by atoms with E-state index < -0.39 is 0 Å². The van der Waals surface area contributed by atoms with Gasteiger partial charge in [0.05, 0.1) is 6.61 Å². The van der Waals surface area contributed by atoms with Crippen LogP contribution in [0.4, 0.5) is 0 Å². The van der Waals surface area contributed by atoms with E-state index in [1.165, 1.54) is 0 Å². The molecule has 2 nitrogen and oxygen atoms in total. The summed E-state index contributed by atoms with van der Waals surface area (Å²) in [5.74, 6) is 0.237. The molecule has 1 aliphatic carbocycles. The van der Waals surface area contributed by atoms with Gasteiger partial charge in [0.1, 0.15) is 6.10 Å². The van der Waals surface area contributed by atoms with Gasteiger partial charge in [-0.2, -0.15) is 0 Å². The van der Waals surface area contributed by atoms with Crippen LogP contribution in [0, 0.1) is 0 Å². The summed E-state index contributed by atoms with van der Waals surface area (Å²) in [4.78, 5) is 10.7. The molecule has 10 heavy (non-hydrogen) atoms. The highest BCUT2D eigenvalue weighted by molar-refractivity contribution is 5.88. The maximum absolute atomic E-state index is 10.7. The minimum atomic E-state index is -0.114. The largest absolute Gasteiger partial charge is 0.366 e. The third-order valence-corrected chi connectivity index (χ3v) is 1.54. The van der Waals surface area contributed by atoms with Crippen LogP contribution in [0.5, 0.6) is 0 Å². The smallest absolute Gasteiger partial charge is 0.161 e. The SMILES string of the molecule is C=C(C)COC1CCC1=O. The number of carbonyl (C=O) groups is 1. The van der Waals surface area contributed by atoms with Crippen molar-refractivity contribution >= 4 is 5.78 Å². The van der Waals surface area contributed by atoms with E-state index in [-0.39, 0.29) is 11.9 Å². The van der Waals surface area contributed by atoms with E-state index in [9.17, 15) is 4.79 Å². The highest BCUT2D eigenvalue weighted by Gasteiger charge is 2.28. The van der Waals surface area contributed by atoms with Crippen LogP contribution < -0.4 is 0 Å². The summed E-state index contributed by atoms with van der Waals surface area (Å²) in [5.41, 5.74) is 0.972. The van der Waals surface area contributed by atoms with Crippen molar-refractivity contribution in [3.63, 3.8) is 0 Å². The molecule has 1 atom stereocenters. The summed E-state index contributed by atoms with van der Waals surface area (Å²) in [6, 6.07) is 0. The topological polar surface area (TPSA) is 26.3 Å². The van der Waals surface area contributed by atoms with Gasteiger partial charge in [-0.1, -0.05) is 12.2 Å². The maximum Gasteiger partial charge on any atom is 0.161 e. The summed E-state index contributed by atoms with van der Waals surface area (Å²) < 4.78 is 5.20. The van der Waals surface area contributed by atoms with Crippen LogP contribution in [0.15, 0.2) is 12.2 Å². The first-order chi connectivity index (χ1) is 4.70. The van der Waals surface area contributed by atoms with Gasteiger partial charge >= 0.3 is 0 Å². The van der Waals surface area contributed by atoms with Gasteiger partial charge < -0.3 is 4.74 Å². The van der Waals surface area contributed by atoms with Gasteiger partial charge in [-0.25, -0.2) is 0 Å². The first kappa shape index (κ1) is 7.48. The summed E-state index contributed by atoms with van der Waals surface area (Å²) in [6.07, 6.45) is 1.48. The van der Waals surface area contributed by atoms with E-state index in [0.717, 1.165) is 12.0 Å². The van der Waals surface area contributed by atoms with Gasteiger partial charge in [-0.3, -0.25) is 4.79 Å². The third-order valence-electron chi connectivity index (χ3n) is 1.54. The minimum absolute atomic E-state index is 0.114. The van der Waals surface area contributed by atoms with Crippen LogP contribution in [0.1, 0.15) is 19.8 Å². The highest BCUT2D eigenvalue weighted by atomic mass is 16.5. The highest BCUT2D eigenvalue weighted by Crippen LogP contribution is 2.18. The molecule has 0 radical (unpaired) electrons. The Labute approximate surface area is 60.9 Å². The zero-order valence-corrected chi connectivity index (χ0v) is 6.22. The van der Waals surface area contributed by atoms with Crippen molar-refractivity contribution in [2.24, 2.45) is 0 Å². The molecule has 0 saturated heterocycles. The van der Waals surface area contributed by atoms with Crippen LogP contribution in [0.25, 0.3) is 0 Å². The van der Waals surface area contributed by atoms with Crippen molar-refractivity contribution in [2.45, 2.75) is 25.9 Å². The second-order valence-electron chi connectivity index (χ2n) is 2.76. The number of Topliss-reactive ketones (excluding diaryl/α,β-unsaturated/α-hetero) is 1. The summed E-state index contributed by atoms with van der Waals surface area (Å²) in [5, 5.41) is 0. The molecule has 0 bridgehead atoms. The van der Waals surface area contributed by atoms with Crippen LogP contribution in [-0.2, 0) is 9.53 Å². The number of rotatable bonds is 3. The average molecular weight is 140 g/mol. The summed E-state index contributed by atoms with van der Waals surface area (Å²) in [6.45, 7) is 6.09. The Kier molecular flexibility index (Phi) is 2.22. The maximum atomic E-state index is 10.7. The Morgan fingerprint density at radius 3 is 2.90 bits per heavy atom. The Morgan fingerprint density at radius 2 is 2.60 bits per heavy atom. The normalized spacial score (nSPS) is 24.1. The molecule has 1 fully saturated rings. The molecule has 0 aromatic rings. The molecule has 1 saturated carbocycles. The van der Waals surface area contributed by atoms with Gasteiger partial charge in [0.15, 0.2) is 5.78 Å². The number of hydrogen-bond donors (Lipinski definition) is 0. The standard InChI is InChI=1S/C8H12O2/c1-6(2)5-10-8-4-3-7(8)9/h8H,1,3-5H2,2H3. The number of ketones is 1. The van der Waals surface area contributed by atoms with Crippen molar-refractivity contribution < 1.29 is 9.53 Å². The molecule has 1 rings (SSSR count). The van der Waals surface area contributed by atoms with Crippen molar-refractivity contribution in [3.8, 4) is 0 Å². The van der Waals surface area contributed by atoms with Crippen LogP contribution in [0.2, 0.25) is 0 Å². The predicted molar refractivity (Wildman–Crippen MR) is 38.8 cm³/mol. The van der Waals surface area contributed by atoms with E-state index in [2.05, 4.69) is 6.58 Å². The molecule has 56 valence electrons. The van der Waals surface area contributed by atoms with Gasteiger partial charge in [-0.05, 0) is 13.3 Å². The lowest BCUT2D eigenvalue weighted by Gasteiger charge is -2.23. The number of hydrogen-bond acceptors (Lipinski definition) is 2. The lowest BCUT2D eigenvalue weighted by atomic mass is 9.94. The van der Waals surface area contributed by atoms with Crippen LogP contribution >= 0.6 is 0 Å². The quantitative estimate of drug-likeness (QED) is 0.552. The van der Waals surface area contributed by atoms with Gasteiger partial charge in [-0.15, -0.1) is 0 Å².